The zero-order chi connectivity index (χ0) is 24.3. The van der Waals surface area contributed by atoms with Crippen molar-refractivity contribution in [3.63, 3.8) is 0 Å². The van der Waals surface area contributed by atoms with Gasteiger partial charge in [-0.3, -0.25) is 4.79 Å². The minimum atomic E-state index is -0.658. The molecule has 2 aliphatic rings. The van der Waals surface area contributed by atoms with Crippen molar-refractivity contribution < 1.29 is 19.1 Å². The van der Waals surface area contributed by atoms with E-state index in [0.29, 0.717) is 17.0 Å². The Morgan fingerprint density at radius 3 is 2.61 bits per heavy atom. The van der Waals surface area contributed by atoms with E-state index in [0.717, 1.165) is 22.8 Å². The summed E-state index contributed by atoms with van der Waals surface area (Å²) in [5.41, 5.74) is 1.97. The highest BCUT2D eigenvalue weighted by Gasteiger charge is 2.43. The molecule has 0 aliphatic carbocycles. The summed E-state index contributed by atoms with van der Waals surface area (Å²) in [6.45, 7) is 11.4. The summed E-state index contributed by atoms with van der Waals surface area (Å²) >= 11 is 1.45. The van der Waals surface area contributed by atoms with Crippen LogP contribution < -0.4 is 10.1 Å². The molecule has 1 aromatic carbocycles. The molecule has 2 atom stereocenters. The maximum absolute atomic E-state index is 13.4. The number of amides is 1. The predicted octanol–water partition coefficient (Wildman–Crippen LogP) is 4.92. The number of carbonyl (C=O) groups excluding carboxylic acids is 2. The lowest BCUT2D eigenvalue weighted by Crippen LogP contribution is -2.40. The fourth-order valence-electron chi connectivity index (χ4n) is 3.74. The van der Waals surface area contributed by atoms with Crippen LogP contribution in [0.2, 0.25) is 0 Å². The molecule has 0 fully saturated rings. The Kier molecular flexibility index (Phi) is 7.57. The van der Waals surface area contributed by atoms with Gasteiger partial charge in [0.1, 0.15) is 11.4 Å². The van der Waals surface area contributed by atoms with E-state index in [1.54, 1.807) is 7.11 Å². The number of allylic oxidation sites excluding steroid dienone is 1. The van der Waals surface area contributed by atoms with Crippen LogP contribution >= 0.6 is 11.8 Å². The van der Waals surface area contributed by atoms with Crippen LogP contribution in [0, 0.1) is 0 Å². The Morgan fingerprint density at radius 1 is 1.27 bits per heavy atom. The van der Waals surface area contributed by atoms with E-state index in [1.807, 2.05) is 76.1 Å². The Bertz CT molecular complexity index is 1020. The van der Waals surface area contributed by atoms with Crippen LogP contribution in [0.3, 0.4) is 0 Å². The Labute approximate surface area is 200 Å². The molecular formula is C25H33N3O4S. The summed E-state index contributed by atoms with van der Waals surface area (Å²) < 4.78 is 11.4. The van der Waals surface area contributed by atoms with Crippen molar-refractivity contribution in [3.8, 4) is 5.75 Å². The van der Waals surface area contributed by atoms with Gasteiger partial charge in [-0.05, 0) is 52.5 Å². The van der Waals surface area contributed by atoms with E-state index in [4.69, 9.17) is 14.5 Å². The number of thioether (sulfide) groups is 1. The maximum atomic E-state index is 13.4. The highest BCUT2D eigenvalue weighted by Crippen LogP contribution is 2.47. The Morgan fingerprint density at radius 2 is 1.97 bits per heavy atom. The van der Waals surface area contributed by atoms with Gasteiger partial charge in [-0.15, -0.1) is 0 Å². The standard InChI is InChI=1S/C25H33N3O4S/c1-8-15(2)26-20(29)13-17-14-33-24-27-16(3)21(23(30)32-25(4,5)6)22(28(17)24)18-11-9-10-12-19(18)31-7/h9-12,14-15,22H,8,13H2,1-7H3,(H,26,29)/t15-,22-/m1/s1. The molecule has 0 bridgehead atoms. The number of aliphatic imine (C=N–C) groups is 1. The minimum absolute atomic E-state index is 0.0682. The molecule has 33 heavy (non-hydrogen) atoms. The van der Waals surface area contributed by atoms with Gasteiger partial charge in [0.2, 0.25) is 5.91 Å². The van der Waals surface area contributed by atoms with Crippen molar-refractivity contribution in [2.24, 2.45) is 4.99 Å². The Hall–Kier alpha value is -2.74. The molecule has 0 aromatic heterocycles. The van der Waals surface area contributed by atoms with Gasteiger partial charge in [0.25, 0.3) is 0 Å². The van der Waals surface area contributed by atoms with Crippen LogP contribution in [0.25, 0.3) is 0 Å². The van der Waals surface area contributed by atoms with Crippen LogP contribution in [0.1, 0.15) is 66.0 Å². The first-order chi connectivity index (χ1) is 15.6. The molecule has 7 nitrogen and oxygen atoms in total. The van der Waals surface area contributed by atoms with Gasteiger partial charge >= 0.3 is 5.97 Å². The molecule has 1 aromatic rings. The molecule has 0 radical (unpaired) electrons. The van der Waals surface area contributed by atoms with Crippen LogP contribution in [0.4, 0.5) is 0 Å². The zero-order valence-electron chi connectivity index (χ0n) is 20.4. The third-order valence-electron chi connectivity index (χ3n) is 5.41. The molecule has 0 saturated heterocycles. The number of benzene rings is 1. The molecule has 0 spiro atoms. The molecule has 2 heterocycles. The number of fused-ring (bicyclic) bond motifs is 1. The van der Waals surface area contributed by atoms with Gasteiger partial charge in [0.15, 0.2) is 5.17 Å². The van der Waals surface area contributed by atoms with E-state index in [9.17, 15) is 9.59 Å². The average Bonchev–Trinajstić information content (AvgIpc) is 3.12. The lowest BCUT2D eigenvalue weighted by molar-refractivity contribution is -0.150. The molecule has 1 amide bonds. The topological polar surface area (TPSA) is 80.2 Å². The second kappa shape index (κ2) is 10.0. The number of hydrogen-bond acceptors (Lipinski definition) is 7. The summed E-state index contributed by atoms with van der Waals surface area (Å²) in [5.74, 6) is 0.151. The number of carbonyl (C=O) groups is 2. The number of hydrogen-bond donors (Lipinski definition) is 1. The molecule has 2 aliphatic heterocycles. The summed E-state index contributed by atoms with van der Waals surface area (Å²) in [6.07, 6.45) is 1.03. The second-order valence-corrected chi connectivity index (χ2v) is 10.0. The smallest absolute Gasteiger partial charge is 0.338 e. The van der Waals surface area contributed by atoms with Crippen LogP contribution in [-0.4, -0.2) is 40.7 Å². The number of esters is 1. The molecule has 3 rings (SSSR count). The summed E-state index contributed by atoms with van der Waals surface area (Å²) in [7, 11) is 1.61. The summed E-state index contributed by atoms with van der Waals surface area (Å²) in [6, 6.07) is 7.16. The molecule has 8 heteroatoms. The van der Waals surface area contributed by atoms with Gasteiger partial charge in [-0.25, -0.2) is 9.79 Å². The number of rotatable bonds is 7. The van der Waals surface area contributed by atoms with Crippen LogP contribution in [0.15, 0.2) is 51.6 Å². The Balaban J connectivity index is 2.06. The van der Waals surface area contributed by atoms with E-state index in [-0.39, 0.29) is 18.4 Å². The quantitative estimate of drug-likeness (QED) is 0.569. The SMILES string of the molecule is CC[C@@H](C)NC(=O)CC1=CSC2=NC(C)=C(C(=O)OC(C)(C)C)[C@@H](c3ccccc3OC)N12. The molecule has 0 unspecified atom stereocenters. The number of nitrogens with one attached hydrogen (secondary N) is 1. The van der Waals surface area contributed by atoms with E-state index >= 15 is 0 Å². The van der Waals surface area contributed by atoms with Crippen molar-refractivity contribution in [3.05, 3.63) is 52.2 Å². The van der Waals surface area contributed by atoms with Crippen molar-refractivity contribution in [1.82, 2.24) is 10.2 Å². The third kappa shape index (κ3) is 5.61. The van der Waals surface area contributed by atoms with Crippen molar-refractivity contribution in [2.45, 2.75) is 72.1 Å². The van der Waals surface area contributed by atoms with Gasteiger partial charge in [-0.1, -0.05) is 36.9 Å². The van der Waals surface area contributed by atoms with E-state index < -0.39 is 17.6 Å². The van der Waals surface area contributed by atoms with Gasteiger partial charge in [-0.2, -0.15) is 0 Å². The highest BCUT2D eigenvalue weighted by molar-refractivity contribution is 8.16. The molecular weight excluding hydrogens is 438 g/mol. The van der Waals surface area contributed by atoms with Gasteiger partial charge in [0.05, 0.1) is 30.8 Å². The van der Waals surface area contributed by atoms with Crippen molar-refractivity contribution in [1.29, 1.82) is 0 Å². The number of methoxy groups -OCH3 is 1. The normalized spacial score (nSPS) is 18.9. The van der Waals surface area contributed by atoms with Gasteiger partial charge in [0, 0.05) is 17.3 Å². The zero-order valence-corrected chi connectivity index (χ0v) is 21.2. The monoisotopic (exact) mass is 471 g/mol. The summed E-state index contributed by atoms with van der Waals surface area (Å²) in [4.78, 5) is 32.8. The lowest BCUT2D eigenvalue weighted by Gasteiger charge is -2.37. The molecule has 0 saturated carbocycles. The van der Waals surface area contributed by atoms with Crippen LogP contribution in [-0.2, 0) is 14.3 Å². The van der Waals surface area contributed by atoms with Gasteiger partial charge < -0.3 is 19.7 Å². The average molecular weight is 472 g/mol. The highest BCUT2D eigenvalue weighted by atomic mass is 32.2. The minimum Gasteiger partial charge on any atom is -0.496 e. The second-order valence-electron chi connectivity index (χ2n) is 9.19. The fraction of sp³-hybridized carbons (Fsp3) is 0.480. The van der Waals surface area contributed by atoms with E-state index in [1.165, 1.54) is 11.8 Å². The van der Waals surface area contributed by atoms with E-state index in [2.05, 4.69) is 5.32 Å². The first-order valence-electron chi connectivity index (χ1n) is 11.2. The summed E-state index contributed by atoms with van der Waals surface area (Å²) in [5, 5.41) is 5.68. The number of para-hydroxylation sites is 1. The fourth-order valence-corrected chi connectivity index (χ4v) is 4.71. The first-order valence-corrected chi connectivity index (χ1v) is 12.0. The first kappa shape index (κ1) is 24.9. The number of nitrogens with zero attached hydrogens (tertiary/aromatic N) is 2. The lowest BCUT2D eigenvalue weighted by atomic mass is 9.93. The number of ether oxygens (including phenoxy) is 2. The molecule has 178 valence electrons. The third-order valence-corrected chi connectivity index (χ3v) is 6.30. The number of amidine groups is 1. The molecule has 1 N–H and O–H groups in total. The van der Waals surface area contributed by atoms with Crippen molar-refractivity contribution in [2.75, 3.05) is 7.11 Å². The predicted molar refractivity (Wildman–Crippen MR) is 132 cm³/mol. The van der Waals surface area contributed by atoms with Crippen LogP contribution in [0.5, 0.6) is 5.75 Å². The largest absolute Gasteiger partial charge is 0.496 e. The maximum Gasteiger partial charge on any atom is 0.338 e. The van der Waals surface area contributed by atoms with Crippen molar-refractivity contribution >= 4 is 28.8 Å².